The quantitative estimate of drug-likeness (QED) is 0.742. The Bertz CT molecular complexity index is 357. The summed E-state index contributed by atoms with van der Waals surface area (Å²) >= 11 is 0. The van der Waals surface area contributed by atoms with E-state index in [2.05, 4.69) is 25.2 Å². The molecular weight excluding hydrogens is 262 g/mol. The van der Waals surface area contributed by atoms with Gasteiger partial charge in [-0.25, -0.2) is 0 Å². The van der Waals surface area contributed by atoms with Crippen molar-refractivity contribution >= 4 is 0 Å². The molecule has 21 heavy (non-hydrogen) atoms. The Labute approximate surface area is 129 Å². The minimum absolute atomic E-state index is 0.330. The van der Waals surface area contributed by atoms with Crippen LogP contribution in [0, 0.1) is 5.92 Å². The molecule has 2 atom stereocenters. The van der Waals surface area contributed by atoms with Gasteiger partial charge < -0.3 is 14.5 Å². The fraction of sp³-hybridized carbons (Fsp3) is 0.778. The van der Waals surface area contributed by atoms with Gasteiger partial charge in [-0.05, 0) is 56.7 Å². The number of furan rings is 1. The highest BCUT2D eigenvalue weighted by molar-refractivity contribution is 5.08. The van der Waals surface area contributed by atoms with Crippen molar-refractivity contribution in [2.24, 2.45) is 5.92 Å². The second kappa shape index (κ2) is 9.26. The standard InChI is InChI=1S/C18H31NO2/c1-3-11-19-17(13-15-10-12-20-14-15)18(21-4-2)16-8-6-5-7-9-16/h10,12,14,16-19H,3-9,11,13H2,1-2H3. The van der Waals surface area contributed by atoms with Crippen molar-refractivity contribution in [1.82, 2.24) is 5.32 Å². The van der Waals surface area contributed by atoms with Gasteiger partial charge in [0.15, 0.2) is 0 Å². The van der Waals surface area contributed by atoms with Crippen LogP contribution < -0.4 is 5.32 Å². The second-order valence-corrected chi connectivity index (χ2v) is 6.21. The van der Waals surface area contributed by atoms with E-state index < -0.39 is 0 Å². The molecule has 1 aliphatic rings. The van der Waals surface area contributed by atoms with Crippen LogP contribution in [0.4, 0.5) is 0 Å². The number of ether oxygens (including phenoxy) is 1. The smallest absolute Gasteiger partial charge is 0.0935 e. The lowest BCUT2D eigenvalue weighted by atomic mass is 9.81. The summed E-state index contributed by atoms with van der Waals surface area (Å²) < 4.78 is 11.4. The highest BCUT2D eigenvalue weighted by Gasteiger charge is 2.31. The van der Waals surface area contributed by atoms with Gasteiger partial charge in [0.1, 0.15) is 0 Å². The molecular formula is C18H31NO2. The maximum atomic E-state index is 6.20. The molecule has 3 nitrogen and oxygen atoms in total. The molecule has 1 heterocycles. The Balaban J connectivity index is 2.04. The Kier molecular flexibility index (Phi) is 7.31. The van der Waals surface area contributed by atoms with Crippen molar-refractivity contribution in [3.8, 4) is 0 Å². The molecule has 1 N–H and O–H groups in total. The average molecular weight is 293 g/mol. The molecule has 3 heteroatoms. The van der Waals surface area contributed by atoms with Gasteiger partial charge in [-0.15, -0.1) is 0 Å². The number of hydrogen-bond acceptors (Lipinski definition) is 3. The first-order valence-electron chi connectivity index (χ1n) is 8.71. The minimum Gasteiger partial charge on any atom is -0.472 e. The van der Waals surface area contributed by atoms with Crippen molar-refractivity contribution in [3.63, 3.8) is 0 Å². The molecule has 1 saturated carbocycles. The van der Waals surface area contributed by atoms with Gasteiger partial charge in [0.2, 0.25) is 0 Å². The molecule has 1 aromatic rings. The van der Waals surface area contributed by atoms with Crippen LogP contribution in [0.25, 0.3) is 0 Å². The molecule has 2 rings (SSSR count). The maximum Gasteiger partial charge on any atom is 0.0935 e. The van der Waals surface area contributed by atoms with E-state index in [1.54, 1.807) is 6.26 Å². The summed E-state index contributed by atoms with van der Waals surface area (Å²) in [6.07, 6.45) is 12.9. The summed E-state index contributed by atoms with van der Waals surface area (Å²) in [5.74, 6) is 0.708. The van der Waals surface area contributed by atoms with Crippen LogP contribution in [0.5, 0.6) is 0 Å². The number of nitrogens with one attached hydrogen (secondary N) is 1. The third-order valence-corrected chi connectivity index (χ3v) is 4.56. The lowest BCUT2D eigenvalue weighted by Gasteiger charge is -2.36. The third kappa shape index (κ3) is 5.15. The average Bonchev–Trinajstić information content (AvgIpc) is 3.03. The van der Waals surface area contributed by atoms with Gasteiger partial charge in [0.05, 0.1) is 18.6 Å². The van der Waals surface area contributed by atoms with E-state index in [4.69, 9.17) is 9.15 Å². The summed E-state index contributed by atoms with van der Waals surface area (Å²) in [6.45, 7) is 6.19. The van der Waals surface area contributed by atoms with Gasteiger partial charge in [0, 0.05) is 12.6 Å². The van der Waals surface area contributed by atoms with Crippen LogP contribution in [0.2, 0.25) is 0 Å². The van der Waals surface area contributed by atoms with E-state index in [-0.39, 0.29) is 0 Å². The van der Waals surface area contributed by atoms with E-state index in [9.17, 15) is 0 Å². The molecule has 1 fully saturated rings. The van der Waals surface area contributed by atoms with Crippen molar-refractivity contribution < 1.29 is 9.15 Å². The first-order chi connectivity index (χ1) is 10.3. The predicted octanol–water partition coefficient (Wildman–Crippen LogP) is 4.18. The van der Waals surface area contributed by atoms with E-state index in [0.29, 0.717) is 18.1 Å². The van der Waals surface area contributed by atoms with Crippen molar-refractivity contribution in [1.29, 1.82) is 0 Å². The maximum absolute atomic E-state index is 6.20. The van der Waals surface area contributed by atoms with E-state index in [0.717, 1.165) is 26.0 Å². The van der Waals surface area contributed by atoms with Gasteiger partial charge in [-0.3, -0.25) is 0 Å². The molecule has 2 unspecified atom stereocenters. The molecule has 0 bridgehead atoms. The fourth-order valence-corrected chi connectivity index (χ4v) is 3.53. The Morgan fingerprint density at radius 2 is 2.10 bits per heavy atom. The fourth-order valence-electron chi connectivity index (χ4n) is 3.53. The van der Waals surface area contributed by atoms with Gasteiger partial charge in [0.25, 0.3) is 0 Å². The van der Waals surface area contributed by atoms with Crippen LogP contribution in [-0.4, -0.2) is 25.3 Å². The van der Waals surface area contributed by atoms with E-state index >= 15 is 0 Å². The molecule has 0 spiro atoms. The zero-order valence-corrected chi connectivity index (χ0v) is 13.6. The normalized spacial score (nSPS) is 19.5. The van der Waals surface area contributed by atoms with Crippen molar-refractivity contribution in [3.05, 3.63) is 24.2 Å². The second-order valence-electron chi connectivity index (χ2n) is 6.21. The summed E-state index contributed by atoms with van der Waals surface area (Å²) in [5.41, 5.74) is 1.27. The minimum atomic E-state index is 0.330. The van der Waals surface area contributed by atoms with E-state index in [1.807, 2.05) is 6.26 Å². The topological polar surface area (TPSA) is 34.4 Å². The largest absolute Gasteiger partial charge is 0.472 e. The first-order valence-corrected chi connectivity index (χ1v) is 8.71. The molecule has 1 aliphatic carbocycles. The Morgan fingerprint density at radius 3 is 2.71 bits per heavy atom. The number of rotatable bonds is 9. The lowest BCUT2D eigenvalue weighted by Crippen LogP contribution is -2.47. The number of hydrogen-bond donors (Lipinski definition) is 1. The SMILES string of the molecule is CCCNC(Cc1ccoc1)C(OCC)C1CCCCC1. The summed E-state index contributed by atoms with van der Waals surface area (Å²) in [7, 11) is 0. The van der Waals surface area contributed by atoms with Gasteiger partial charge in [-0.2, -0.15) is 0 Å². The highest BCUT2D eigenvalue weighted by Crippen LogP contribution is 2.30. The van der Waals surface area contributed by atoms with E-state index in [1.165, 1.54) is 37.7 Å². The zero-order valence-electron chi connectivity index (χ0n) is 13.6. The van der Waals surface area contributed by atoms with Crippen molar-refractivity contribution in [2.45, 2.75) is 70.9 Å². The van der Waals surface area contributed by atoms with Crippen LogP contribution in [0.3, 0.4) is 0 Å². The molecule has 0 saturated heterocycles. The van der Waals surface area contributed by atoms with Crippen LogP contribution in [0.15, 0.2) is 23.0 Å². The molecule has 0 radical (unpaired) electrons. The Hall–Kier alpha value is -0.800. The van der Waals surface area contributed by atoms with Crippen LogP contribution in [-0.2, 0) is 11.2 Å². The Morgan fingerprint density at radius 1 is 1.29 bits per heavy atom. The molecule has 0 amide bonds. The monoisotopic (exact) mass is 293 g/mol. The highest BCUT2D eigenvalue weighted by atomic mass is 16.5. The van der Waals surface area contributed by atoms with Crippen molar-refractivity contribution in [2.75, 3.05) is 13.2 Å². The lowest BCUT2D eigenvalue weighted by molar-refractivity contribution is -0.0174. The molecule has 0 aliphatic heterocycles. The molecule has 120 valence electrons. The molecule has 1 aromatic heterocycles. The van der Waals surface area contributed by atoms with Gasteiger partial charge in [-0.1, -0.05) is 26.2 Å². The summed E-state index contributed by atoms with van der Waals surface area (Å²) in [5, 5.41) is 3.72. The first kappa shape index (κ1) is 16.6. The van der Waals surface area contributed by atoms with Gasteiger partial charge >= 0.3 is 0 Å². The van der Waals surface area contributed by atoms with Crippen LogP contribution in [0.1, 0.15) is 57.9 Å². The summed E-state index contributed by atoms with van der Waals surface area (Å²) in [4.78, 5) is 0. The molecule has 0 aromatic carbocycles. The summed E-state index contributed by atoms with van der Waals surface area (Å²) in [6, 6.07) is 2.47. The zero-order chi connectivity index (χ0) is 14.9. The van der Waals surface area contributed by atoms with Crippen LogP contribution >= 0.6 is 0 Å². The third-order valence-electron chi connectivity index (χ3n) is 4.56. The predicted molar refractivity (Wildman–Crippen MR) is 86.5 cm³/mol.